The van der Waals surface area contributed by atoms with E-state index >= 15 is 0 Å². The number of urea groups is 1. The van der Waals surface area contributed by atoms with Crippen molar-refractivity contribution < 1.29 is 14.4 Å². The largest absolute Gasteiger partial charge is 0.328 e. The van der Waals surface area contributed by atoms with Crippen molar-refractivity contribution in [1.82, 2.24) is 9.88 Å². The average Bonchev–Trinajstić information content (AvgIpc) is 2.33. The SMILES string of the molecule is O=CCn1cccc(N2CCC(=O)NC2=O)c1=O. The van der Waals surface area contributed by atoms with Crippen molar-refractivity contribution in [2.24, 2.45) is 0 Å². The van der Waals surface area contributed by atoms with Gasteiger partial charge in [0.15, 0.2) is 0 Å². The number of nitrogens with zero attached hydrogens (tertiary/aromatic N) is 2. The summed E-state index contributed by atoms with van der Waals surface area (Å²) in [5.74, 6) is -0.361. The summed E-state index contributed by atoms with van der Waals surface area (Å²) in [6, 6.07) is 2.44. The van der Waals surface area contributed by atoms with E-state index in [2.05, 4.69) is 5.32 Å². The molecule has 3 amide bonds. The van der Waals surface area contributed by atoms with Crippen molar-refractivity contribution in [3.05, 3.63) is 28.7 Å². The van der Waals surface area contributed by atoms with Crippen LogP contribution in [0.25, 0.3) is 0 Å². The minimum atomic E-state index is -0.618. The van der Waals surface area contributed by atoms with E-state index in [1.807, 2.05) is 0 Å². The molecule has 0 bridgehead atoms. The highest BCUT2D eigenvalue weighted by molar-refractivity contribution is 6.05. The van der Waals surface area contributed by atoms with Gasteiger partial charge in [0.05, 0.1) is 6.54 Å². The van der Waals surface area contributed by atoms with Crippen LogP contribution in [0.2, 0.25) is 0 Å². The molecule has 0 radical (unpaired) electrons. The average molecular weight is 249 g/mol. The highest BCUT2D eigenvalue weighted by atomic mass is 16.2. The lowest BCUT2D eigenvalue weighted by atomic mass is 10.2. The third-order valence-electron chi connectivity index (χ3n) is 2.62. The molecule has 7 heteroatoms. The summed E-state index contributed by atoms with van der Waals surface area (Å²) in [5, 5.41) is 2.14. The minimum Gasteiger partial charge on any atom is -0.307 e. The standard InChI is InChI=1S/C11H11N3O4/c15-7-6-13-4-1-2-8(10(13)17)14-5-3-9(16)12-11(14)18/h1-2,4,7H,3,5-6H2,(H,12,16,18). The number of hydrogen-bond acceptors (Lipinski definition) is 4. The third-order valence-corrected chi connectivity index (χ3v) is 2.62. The number of anilines is 1. The Morgan fingerprint density at radius 1 is 1.33 bits per heavy atom. The zero-order valence-corrected chi connectivity index (χ0v) is 9.46. The van der Waals surface area contributed by atoms with Crippen LogP contribution in [0.1, 0.15) is 6.42 Å². The number of aldehydes is 1. The molecule has 7 nitrogen and oxygen atoms in total. The van der Waals surface area contributed by atoms with Gasteiger partial charge in [-0.25, -0.2) is 4.79 Å². The first-order valence-electron chi connectivity index (χ1n) is 5.38. The molecule has 2 heterocycles. The van der Waals surface area contributed by atoms with E-state index in [4.69, 9.17) is 0 Å². The van der Waals surface area contributed by atoms with Crippen LogP contribution >= 0.6 is 0 Å². The maximum Gasteiger partial charge on any atom is 0.328 e. The Balaban J connectivity index is 2.36. The van der Waals surface area contributed by atoms with Crippen LogP contribution in [-0.4, -0.2) is 29.3 Å². The molecule has 18 heavy (non-hydrogen) atoms. The summed E-state index contributed by atoms with van der Waals surface area (Å²) < 4.78 is 1.20. The van der Waals surface area contributed by atoms with Gasteiger partial charge < -0.3 is 9.36 Å². The van der Waals surface area contributed by atoms with Crippen molar-refractivity contribution in [1.29, 1.82) is 0 Å². The van der Waals surface area contributed by atoms with Gasteiger partial charge in [0.2, 0.25) is 5.91 Å². The molecule has 0 spiro atoms. The number of nitrogens with one attached hydrogen (secondary N) is 1. The predicted octanol–water partition coefficient (Wildman–Crippen LogP) is -0.507. The molecule has 1 aromatic rings. The lowest BCUT2D eigenvalue weighted by Crippen LogP contribution is -2.51. The van der Waals surface area contributed by atoms with Gasteiger partial charge in [-0.15, -0.1) is 0 Å². The molecular formula is C11H11N3O4. The maximum absolute atomic E-state index is 12.0. The van der Waals surface area contributed by atoms with Crippen molar-refractivity contribution >= 4 is 23.9 Å². The Kier molecular flexibility index (Phi) is 3.22. The molecule has 0 saturated carbocycles. The van der Waals surface area contributed by atoms with E-state index in [9.17, 15) is 19.2 Å². The molecule has 94 valence electrons. The fourth-order valence-corrected chi connectivity index (χ4v) is 1.75. The number of carbonyl (C=O) groups is 3. The van der Waals surface area contributed by atoms with Gasteiger partial charge >= 0.3 is 6.03 Å². The highest BCUT2D eigenvalue weighted by Gasteiger charge is 2.26. The third kappa shape index (κ3) is 2.15. The number of imide groups is 1. The number of pyridine rings is 1. The molecule has 1 aliphatic heterocycles. The van der Waals surface area contributed by atoms with Crippen molar-refractivity contribution in [2.45, 2.75) is 13.0 Å². The molecular weight excluding hydrogens is 238 g/mol. The van der Waals surface area contributed by atoms with Crippen LogP contribution in [0.5, 0.6) is 0 Å². The number of amides is 3. The molecule has 1 aliphatic rings. The van der Waals surface area contributed by atoms with Gasteiger partial charge in [-0.3, -0.25) is 19.8 Å². The number of aromatic nitrogens is 1. The first kappa shape index (κ1) is 12.0. The number of hydrogen-bond donors (Lipinski definition) is 1. The van der Waals surface area contributed by atoms with Crippen LogP contribution in [0.4, 0.5) is 10.5 Å². The summed E-state index contributed by atoms with van der Waals surface area (Å²) in [6.45, 7) is 0.0894. The van der Waals surface area contributed by atoms with Crippen molar-refractivity contribution in [3.8, 4) is 0 Å². The summed E-state index contributed by atoms with van der Waals surface area (Å²) in [4.78, 5) is 46.2. The molecule has 1 aromatic heterocycles. The minimum absolute atomic E-state index is 0.0684. The number of carbonyl (C=O) groups excluding carboxylic acids is 3. The van der Waals surface area contributed by atoms with E-state index < -0.39 is 11.6 Å². The van der Waals surface area contributed by atoms with E-state index in [0.29, 0.717) is 6.29 Å². The fourth-order valence-electron chi connectivity index (χ4n) is 1.75. The Hall–Kier alpha value is -2.44. The maximum atomic E-state index is 12.0. The summed E-state index contributed by atoms with van der Waals surface area (Å²) >= 11 is 0. The first-order chi connectivity index (χ1) is 8.63. The van der Waals surface area contributed by atoms with E-state index in [-0.39, 0.29) is 31.1 Å². The van der Waals surface area contributed by atoms with E-state index in [1.165, 1.54) is 21.7 Å². The second-order valence-electron chi connectivity index (χ2n) is 3.77. The lowest BCUT2D eigenvalue weighted by molar-refractivity contribution is -0.120. The topological polar surface area (TPSA) is 88.5 Å². The Labute approximate surface area is 102 Å². The molecule has 0 aromatic carbocycles. The van der Waals surface area contributed by atoms with Crippen LogP contribution in [-0.2, 0) is 16.1 Å². The predicted molar refractivity (Wildman–Crippen MR) is 62.3 cm³/mol. The zero-order valence-electron chi connectivity index (χ0n) is 9.46. The molecule has 1 N–H and O–H groups in total. The van der Waals surface area contributed by atoms with E-state index in [0.717, 1.165) is 0 Å². The van der Waals surface area contributed by atoms with Crippen LogP contribution in [0.3, 0.4) is 0 Å². The molecule has 1 saturated heterocycles. The molecule has 2 rings (SSSR count). The monoisotopic (exact) mass is 249 g/mol. The van der Waals surface area contributed by atoms with Crippen molar-refractivity contribution in [2.75, 3.05) is 11.4 Å². The van der Waals surface area contributed by atoms with Crippen molar-refractivity contribution in [3.63, 3.8) is 0 Å². The molecule has 1 fully saturated rings. The van der Waals surface area contributed by atoms with Gasteiger partial charge in [-0.1, -0.05) is 0 Å². The van der Waals surface area contributed by atoms with Gasteiger partial charge in [0.25, 0.3) is 5.56 Å². The second-order valence-corrected chi connectivity index (χ2v) is 3.77. The Morgan fingerprint density at radius 3 is 2.78 bits per heavy atom. The smallest absolute Gasteiger partial charge is 0.307 e. The molecule has 0 unspecified atom stereocenters. The summed E-state index contributed by atoms with van der Waals surface area (Å²) in [5.41, 5.74) is -0.279. The fraction of sp³-hybridized carbons (Fsp3) is 0.273. The zero-order chi connectivity index (χ0) is 13.1. The van der Waals surface area contributed by atoms with Crippen LogP contribution < -0.4 is 15.8 Å². The highest BCUT2D eigenvalue weighted by Crippen LogP contribution is 2.11. The molecule has 0 atom stereocenters. The first-order valence-corrected chi connectivity index (χ1v) is 5.38. The second kappa shape index (κ2) is 4.82. The van der Waals surface area contributed by atoms with Gasteiger partial charge in [-0.2, -0.15) is 0 Å². The quantitative estimate of drug-likeness (QED) is 0.731. The van der Waals surface area contributed by atoms with Gasteiger partial charge in [0.1, 0.15) is 12.0 Å². The summed E-state index contributed by atoms with van der Waals surface area (Å²) in [7, 11) is 0. The number of rotatable bonds is 3. The summed E-state index contributed by atoms with van der Waals surface area (Å²) in [6.07, 6.45) is 2.21. The van der Waals surface area contributed by atoms with E-state index in [1.54, 1.807) is 6.07 Å². The van der Waals surface area contributed by atoms with Gasteiger partial charge in [-0.05, 0) is 12.1 Å². The van der Waals surface area contributed by atoms with Gasteiger partial charge in [0, 0.05) is 19.2 Å². The normalized spacial score (nSPS) is 15.4. The Morgan fingerprint density at radius 2 is 2.11 bits per heavy atom. The van der Waals surface area contributed by atoms with Crippen LogP contribution in [0, 0.1) is 0 Å². The lowest BCUT2D eigenvalue weighted by Gasteiger charge is -2.26. The Bertz CT molecular complexity index is 564. The molecule has 0 aliphatic carbocycles. The van der Waals surface area contributed by atoms with Crippen LogP contribution in [0.15, 0.2) is 23.1 Å².